The van der Waals surface area contributed by atoms with Gasteiger partial charge in [0, 0.05) is 5.69 Å². The molecule has 0 aliphatic heterocycles. The Balaban J connectivity index is 3.05. The second-order valence-corrected chi connectivity index (χ2v) is 11.1. The van der Waals surface area contributed by atoms with Crippen molar-refractivity contribution in [1.82, 2.24) is 0 Å². The third kappa shape index (κ3) is 3.03. The Hall–Kier alpha value is -0.963. The van der Waals surface area contributed by atoms with Crippen molar-refractivity contribution in [2.45, 2.75) is 52.8 Å². The molecule has 0 saturated heterocycles. The van der Waals surface area contributed by atoms with Gasteiger partial charge in [0.15, 0.2) is 0 Å². The van der Waals surface area contributed by atoms with Gasteiger partial charge >= 0.3 is 0 Å². The van der Waals surface area contributed by atoms with E-state index in [0.717, 1.165) is 22.6 Å². The van der Waals surface area contributed by atoms with Crippen LogP contribution in [0.3, 0.4) is 0 Å². The lowest BCUT2D eigenvalue weighted by Crippen LogP contribution is -2.43. The van der Waals surface area contributed by atoms with Gasteiger partial charge in [-0.3, -0.25) is 0 Å². The Kier molecular flexibility index (Phi) is 3.62. The zero-order valence-electron chi connectivity index (χ0n) is 12.1. The van der Waals surface area contributed by atoms with Crippen LogP contribution in [0.5, 0.6) is 5.75 Å². The first kappa shape index (κ1) is 14.1. The van der Waals surface area contributed by atoms with Crippen LogP contribution in [-0.4, -0.2) is 8.32 Å². The van der Waals surface area contributed by atoms with Crippen LogP contribution >= 0.6 is 0 Å². The Bertz CT molecular complexity index is 396. The van der Waals surface area contributed by atoms with Crippen molar-refractivity contribution in [3.63, 3.8) is 0 Å². The summed E-state index contributed by atoms with van der Waals surface area (Å²) in [7, 11) is -1.75. The standard InChI is InChI=1S/C14H25NOSi/c1-10-8-12(9-11(2)13(10)15)16-17(6,7)14(3,4)5/h8-9H,15H2,1-7H3. The molecule has 3 heteroatoms. The molecule has 0 unspecified atom stereocenters. The average molecular weight is 251 g/mol. The van der Waals surface area contributed by atoms with Crippen LogP contribution < -0.4 is 10.2 Å². The maximum atomic E-state index is 6.27. The summed E-state index contributed by atoms with van der Waals surface area (Å²) in [4.78, 5) is 0. The fourth-order valence-corrected chi connectivity index (χ4v) is 2.45. The van der Waals surface area contributed by atoms with Crippen LogP contribution in [0.15, 0.2) is 12.1 Å². The molecular weight excluding hydrogens is 226 g/mol. The zero-order chi connectivity index (χ0) is 13.4. The van der Waals surface area contributed by atoms with Crippen LogP contribution in [-0.2, 0) is 0 Å². The van der Waals surface area contributed by atoms with E-state index in [0.29, 0.717) is 0 Å². The minimum atomic E-state index is -1.75. The predicted molar refractivity (Wildman–Crippen MR) is 78.2 cm³/mol. The molecule has 96 valence electrons. The quantitative estimate of drug-likeness (QED) is 0.629. The molecule has 0 aromatic heterocycles. The monoisotopic (exact) mass is 251 g/mol. The van der Waals surface area contributed by atoms with Crippen molar-refractivity contribution in [3.05, 3.63) is 23.3 Å². The highest BCUT2D eigenvalue weighted by Crippen LogP contribution is 2.38. The molecule has 0 heterocycles. The van der Waals surface area contributed by atoms with Gasteiger partial charge in [-0.1, -0.05) is 20.8 Å². The molecule has 0 radical (unpaired) electrons. The molecule has 1 aromatic carbocycles. The lowest BCUT2D eigenvalue weighted by molar-refractivity contribution is 0.491. The SMILES string of the molecule is Cc1cc(O[Si](C)(C)C(C)(C)C)cc(C)c1N. The largest absolute Gasteiger partial charge is 0.543 e. The number of anilines is 1. The Morgan fingerprint density at radius 2 is 1.47 bits per heavy atom. The van der Waals surface area contributed by atoms with Gasteiger partial charge < -0.3 is 10.2 Å². The Labute approximate surface area is 106 Å². The van der Waals surface area contributed by atoms with Crippen molar-refractivity contribution >= 4 is 14.0 Å². The van der Waals surface area contributed by atoms with Crippen LogP contribution in [0.25, 0.3) is 0 Å². The van der Waals surface area contributed by atoms with E-state index in [-0.39, 0.29) is 5.04 Å². The molecule has 2 N–H and O–H groups in total. The van der Waals surface area contributed by atoms with E-state index >= 15 is 0 Å². The maximum absolute atomic E-state index is 6.27. The zero-order valence-corrected chi connectivity index (χ0v) is 13.1. The highest BCUT2D eigenvalue weighted by atomic mass is 28.4. The van der Waals surface area contributed by atoms with E-state index in [1.165, 1.54) is 0 Å². The van der Waals surface area contributed by atoms with Gasteiger partial charge in [0.05, 0.1) is 0 Å². The Morgan fingerprint density at radius 3 is 1.82 bits per heavy atom. The number of benzene rings is 1. The molecule has 17 heavy (non-hydrogen) atoms. The van der Waals surface area contributed by atoms with Crippen molar-refractivity contribution in [2.75, 3.05) is 5.73 Å². The van der Waals surface area contributed by atoms with Crippen LogP contribution in [0.2, 0.25) is 18.1 Å². The second-order valence-electron chi connectivity index (χ2n) is 6.33. The second kappa shape index (κ2) is 4.37. The summed E-state index contributed by atoms with van der Waals surface area (Å²) < 4.78 is 6.27. The first-order valence-electron chi connectivity index (χ1n) is 6.10. The van der Waals surface area contributed by atoms with E-state index in [9.17, 15) is 0 Å². The molecule has 1 rings (SSSR count). The lowest BCUT2D eigenvalue weighted by Gasteiger charge is -2.36. The number of hydrogen-bond donors (Lipinski definition) is 1. The minimum Gasteiger partial charge on any atom is -0.543 e. The average Bonchev–Trinajstić information content (AvgIpc) is 2.11. The first-order chi connectivity index (χ1) is 7.54. The summed E-state index contributed by atoms with van der Waals surface area (Å²) in [6.07, 6.45) is 0. The fraction of sp³-hybridized carbons (Fsp3) is 0.571. The fourth-order valence-electron chi connectivity index (χ4n) is 1.44. The third-order valence-electron chi connectivity index (χ3n) is 3.75. The highest BCUT2D eigenvalue weighted by Gasteiger charge is 2.39. The molecule has 0 atom stereocenters. The predicted octanol–water partition coefficient (Wildman–Crippen LogP) is 4.27. The summed E-state index contributed by atoms with van der Waals surface area (Å²) >= 11 is 0. The van der Waals surface area contributed by atoms with Gasteiger partial charge in [0.2, 0.25) is 8.32 Å². The number of nitrogens with two attached hydrogens (primary N) is 1. The lowest BCUT2D eigenvalue weighted by atomic mass is 10.1. The molecule has 0 spiro atoms. The summed E-state index contributed by atoms with van der Waals surface area (Å²) in [6.45, 7) is 15.3. The van der Waals surface area contributed by atoms with E-state index in [4.69, 9.17) is 10.2 Å². The third-order valence-corrected chi connectivity index (χ3v) is 8.10. The number of nitrogen functional groups attached to an aromatic ring is 1. The van der Waals surface area contributed by atoms with Gasteiger partial charge in [-0.25, -0.2) is 0 Å². The van der Waals surface area contributed by atoms with Gasteiger partial charge in [-0.05, 0) is 55.2 Å². The maximum Gasteiger partial charge on any atom is 0.250 e. The number of hydrogen-bond acceptors (Lipinski definition) is 2. The minimum absolute atomic E-state index is 0.218. The number of aryl methyl sites for hydroxylation is 2. The molecule has 0 fully saturated rings. The normalized spacial score (nSPS) is 12.6. The molecule has 0 aliphatic carbocycles. The van der Waals surface area contributed by atoms with Crippen molar-refractivity contribution in [2.24, 2.45) is 0 Å². The van der Waals surface area contributed by atoms with Crippen molar-refractivity contribution < 1.29 is 4.43 Å². The molecular formula is C14H25NOSi. The van der Waals surface area contributed by atoms with Gasteiger partial charge in [0.1, 0.15) is 5.75 Å². The van der Waals surface area contributed by atoms with E-state index in [2.05, 4.69) is 33.9 Å². The molecule has 0 aliphatic rings. The molecule has 1 aromatic rings. The van der Waals surface area contributed by atoms with Gasteiger partial charge in [-0.2, -0.15) is 0 Å². The first-order valence-corrected chi connectivity index (χ1v) is 9.01. The van der Waals surface area contributed by atoms with Gasteiger partial charge in [0.25, 0.3) is 0 Å². The Morgan fingerprint density at radius 1 is 1.06 bits per heavy atom. The molecule has 0 saturated carbocycles. The van der Waals surface area contributed by atoms with Crippen molar-refractivity contribution in [3.8, 4) is 5.75 Å². The topological polar surface area (TPSA) is 35.2 Å². The van der Waals surface area contributed by atoms with E-state index < -0.39 is 8.32 Å². The van der Waals surface area contributed by atoms with Crippen LogP contribution in [0.1, 0.15) is 31.9 Å². The van der Waals surface area contributed by atoms with Crippen molar-refractivity contribution in [1.29, 1.82) is 0 Å². The molecule has 2 nitrogen and oxygen atoms in total. The molecule has 0 amide bonds. The summed E-state index contributed by atoms with van der Waals surface area (Å²) in [6, 6.07) is 4.09. The smallest absolute Gasteiger partial charge is 0.250 e. The summed E-state index contributed by atoms with van der Waals surface area (Å²) in [5.74, 6) is 0.959. The number of rotatable bonds is 2. The van der Waals surface area contributed by atoms with E-state index in [1.807, 2.05) is 26.0 Å². The molecule has 0 bridgehead atoms. The van der Waals surface area contributed by atoms with Crippen LogP contribution in [0, 0.1) is 13.8 Å². The highest BCUT2D eigenvalue weighted by molar-refractivity contribution is 6.74. The summed E-state index contributed by atoms with van der Waals surface area (Å²) in [5, 5.41) is 0.218. The van der Waals surface area contributed by atoms with Gasteiger partial charge in [-0.15, -0.1) is 0 Å². The van der Waals surface area contributed by atoms with Crippen LogP contribution in [0.4, 0.5) is 5.69 Å². The van der Waals surface area contributed by atoms with E-state index in [1.54, 1.807) is 0 Å². The summed E-state index contributed by atoms with van der Waals surface area (Å²) in [5.41, 5.74) is 9.02.